The largest absolute Gasteiger partial charge is 0.390 e. The Morgan fingerprint density at radius 2 is 1.91 bits per heavy atom. The lowest BCUT2D eigenvalue weighted by molar-refractivity contribution is 0.134. The zero-order chi connectivity index (χ0) is 15.8. The highest BCUT2D eigenvalue weighted by molar-refractivity contribution is 5.89. The Kier molecular flexibility index (Phi) is 3.52. The third-order valence-corrected chi connectivity index (χ3v) is 4.47. The third kappa shape index (κ3) is 2.69. The van der Waals surface area contributed by atoms with E-state index in [1.54, 1.807) is 0 Å². The zero-order valence-corrected chi connectivity index (χ0v) is 12.6. The second-order valence-electron chi connectivity index (χ2n) is 6.02. The lowest BCUT2D eigenvalue weighted by Crippen LogP contribution is -2.36. The molecule has 23 heavy (non-hydrogen) atoms. The summed E-state index contributed by atoms with van der Waals surface area (Å²) in [6.07, 6.45) is -0.0244. The molecule has 0 aromatic heterocycles. The van der Waals surface area contributed by atoms with Crippen LogP contribution < -0.4 is 10.6 Å². The van der Waals surface area contributed by atoms with Gasteiger partial charge in [0.25, 0.3) is 0 Å². The summed E-state index contributed by atoms with van der Waals surface area (Å²) in [6, 6.07) is 12.9. The number of ether oxygens (including phenoxy) is 1. The molecule has 0 radical (unpaired) electrons. The highest BCUT2D eigenvalue weighted by Gasteiger charge is 2.31. The predicted molar refractivity (Wildman–Crippen MR) is 86.0 cm³/mol. The summed E-state index contributed by atoms with van der Waals surface area (Å²) in [5, 5.41) is 15.9. The van der Waals surface area contributed by atoms with Crippen molar-refractivity contribution in [3.63, 3.8) is 0 Å². The molecule has 1 aliphatic heterocycles. The minimum absolute atomic E-state index is 0.315. The number of anilines is 1. The maximum Gasteiger partial charge on any atom is 0.319 e. The quantitative estimate of drug-likeness (QED) is 0.798. The van der Waals surface area contributed by atoms with E-state index in [0.29, 0.717) is 19.6 Å². The van der Waals surface area contributed by atoms with E-state index in [0.717, 1.165) is 27.9 Å². The molecular formula is C18H18N2O3. The molecule has 118 valence electrons. The van der Waals surface area contributed by atoms with Crippen LogP contribution in [0.25, 0.3) is 0 Å². The second-order valence-corrected chi connectivity index (χ2v) is 6.02. The molecule has 0 saturated heterocycles. The lowest BCUT2D eigenvalue weighted by Gasteiger charge is -2.18. The van der Waals surface area contributed by atoms with Gasteiger partial charge in [0.1, 0.15) is 0 Å². The summed E-state index contributed by atoms with van der Waals surface area (Å²) >= 11 is 0. The number of aliphatic hydroxyl groups excluding tert-OH is 1. The van der Waals surface area contributed by atoms with Crippen LogP contribution >= 0.6 is 0 Å². The van der Waals surface area contributed by atoms with E-state index in [-0.39, 0.29) is 12.1 Å². The fraction of sp³-hybridized carbons (Fsp3) is 0.278. The number of hydrogen-bond acceptors (Lipinski definition) is 3. The van der Waals surface area contributed by atoms with E-state index in [9.17, 15) is 9.90 Å². The van der Waals surface area contributed by atoms with Crippen molar-refractivity contribution in [1.82, 2.24) is 5.32 Å². The Bertz CT molecular complexity index is 760. The van der Waals surface area contributed by atoms with Crippen molar-refractivity contribution in [3.8, 4) is 0 Å². The maximum absolute atomic E-state index is 12.3. The highest BCUT2D eigenvalue weighted by atomic mass is 16.5. The monoisotopic (exact) mass is 310 g/mol. The van der Waals surface area contributed by atoms with E-state index < -0.39 is 6.10 Å². The smallest absolute Gasteiger partial charge is 0.319 e. The molecule has 4 rings (SSSR count). The van der Waals surface area contributed by atoms with Crippen LogP contribution in [-0.2, 0) is 24.4 Å². The van der Waals surface area contributed by atoms with Crippen molar-refractivity contribution in [3.05, 3.63) is 64.7 Å². The number of aliphatic hydroxyl groups is 1. The van der Waals surface area contributed by atoms with Gasteiger partial charge < -0.3 is 20.5 Å². The molecule has 2 aromatic rings. The minimum Gasteiger partial charge on any atom is -0.390 e. The van der Waals surface area contributed by atoms with Crippen LogP contribution in [0.5, 0.6) is 0 Å². The summed E-state index contributed by atoms with van der Waals surface area (Å²) in [5.74, 6) is 0. The Hall–Kier alpha value is -2.37. The fourth-order valence-electron chi connectivity index (χ4n) is 3.31. The third-order valence-electron chi connectivity index (χ3n) is 4.47. The van der Waals surface area contributed by atoms with Crippen molar-refractivity contribution in [1.29, 1.82) is 0 Å². The average Bonchev–Trinajstić information content (AvgIpc) is 3.12. The van der Waals surface area contributed by atoms with Crippen LogP contribution in [-0.4, -0.2) is 17.2 Å². The summed E-state index contributed by atoms with van der Waals surface area (Å²) < 4.78 is 5.37. The SMILES string of the molecule is O=C(Nc1ccc2c(c1)COC2)N[C@H]1c2ccccc2C[C@H]1O. The highest BCUT2D eigenvalue weighted by Crippen LogP contribution is 2.31. The summed E-state index contributed by atoms with van der Waals surface area (Å²) in [5.41, 5.74) is 5.06. The molecule has 1 heterocycles. The van der Waals surface area contributed by atoms with Gasteiger partial charge in [-0.05, 0) is 34.4 Å². The number of nitrogens with one attached hydrogen (secondary N) is 2. The molecule has 0 unspecified atom stereocenters. The molecule has 2 aromatic carbocycles. The van der Waals surface area contributed by atoms with Gasteiger partial charge in [-0.25, -0.2) is 4.79 Å². The van der Waals surface area contributed by atoms with Gasteiger partial charge in [-0.2, -0.15) is 0 Å². The Labute approximate surface area is 134 Å². The lowest BCUT2D eigenvalue weighted by atomic mass is 10.1. The predicted octanol–water partition coefficient (Wildman–Crippen LogP) is 2.50. The first-order valence-electron chi connectivity index (χ1n) is 7.73. The summed E-state index contributed by atoms with van der Waals surface area (Å²) in [4.78, 5) is 12.3. The molecule has 1 aliphatic carbocycles. The molecular weight excluding hydrogens is 292 g/mol. The van der Waals surface area contributed by atoms with Crippen molar-refractivity contribution in [2.24, 2.45) is 0 Å². The topological polar surface area (TPSA) is 70.6 Å². The molecule has 0 saturated carbocycles. The van der Waals surface area contributed by atoms with Crippen LogP contribution in [0.1, 0.15) is 28.3 Å². The number of fused-ring (bicyclic) bond motifs is 2. The number of urea groups is 1. The average molecular weight is 310 g/mol. The van der Waals surface area contributed by atoms with Gasteiger partial charge >= 0.3 is 6.03 Å². The van der Waals surface area contributed by atoms with Gasteiger partial charge in [-0.1, -0.05) is 30.3 Å². The van der Waals surface area contributed by atoms with E-state index >= 15 is 0 Å². The van der Waals surface area contributed by atoms with Gasteiger partial charge in [0, 0.05) is 12.1 Å². The first kappa shape index (κ1) is 14.2. The first-order chi connectivity index (χ1) is 11.2. The van der Waals surface area contributed by atoms with Gasteiger partial charge in [-0.3, -0.25) is 0 Å². The van der Waals surface area contributed by atoms with Gasteiger partial charge in [-0.15, -0.1) is 0 Å². The molecule has 0 bridgehead atoms. The molecule has 5 nitrogen and oxygen atoms in total. The molecule has 2 aliphatic rings. The molecule has 3 N–H and O–H groups in total. The number of hydrogen-bond donors (Lipinski definition) is 3. The van der Waals surface area contributed by atoms with E-state index in [1.807, 2.05) is 42.5 Å². The van der Waals surface area contributed by atoms with Crippen LogP contribution in [0.3, 0.4) is 0 Å². The van der Waals surface area contributed by atoms with Crippen LogP contribution in [0.15, 0.2) is 42.5 Å². The van der Waals surface area contributed by atoms with Crippen LogP contribution in [0.2, 0.25) is 0 Å². The van der Waals surface area contributed by atoms with E-state index in [4.69, 9.17) is 4.74 Å². The summed E-state index contributed by atoms with van der Waals surface area (Å²) in [7, 11) is 0. The second kappa shape index (κ2) is 5.68. The normalized spacial score (nSPS) is 21.6. The number of carbonyl (C=O) groups excluding carboxylic acids is 1. The molecule has 5 heteroatoms. The van der Waals surface area contributed by atoms with Crippen molar-refractivity contribution < 1.29 is 14.6 Å². The summed E-state index contributed by atoms with van der Waals surface area (Å²) in [6.45, 7) is 1.22. The van der Waals surface area contributed by atoms with Gasteiger partial charge in [0.15, 0.2) is 0 Å². The van der Waals surface area contributed by atoms with E-state index in [2.05, 4.69) is 10.6 Å². The molecule has 2 atom stereocenters. The number of rotatable bonds is 2. The fourth-order valence-corrected chi connectivity index (χ4v) is 3.31. The van der Waals surface area contributed by atoms with Crippen molar-refractivity contribution in [2.75, 3.05) is 5.32 Å². The minimum atomic E-state index is -0.591. The maximum atomic E-state index is 12.3. The van der Waals surface area contributed by atoms with Crippen molar-refractivity contribution in [2.45, 2.75) is 31.8 Å². The van der Waals surface area contributed by atoms with Gasteiger partial charge in [0.2, 0.25) is 0 Å². The number of amides is 2. The molecule has 2 amide bonds. The molecule has 0 spiro atoms. The van der Waals surface area contributed by atoms with Crippen molar-refractivity contribution >= 4 is 11.7 Å². The Morgan fingerprint density at radius 3 is 2.83 bits per heavy atom. The standard InChI is InChI=1S/C18H18N2O3/c21-16-8-11-3-1-2-4-15(11)17(16)20-18(22)19-14-6-5-12-9-23-10-13(12)7-14/h1-7,16-17,21H,8-10H2,(H2,19,20,22)/t16-,17+/m1/s1. The first-order valence-corrected chi connectivity index (χ1v) is 7.73. The van der Waals surface area contributed by atoms with Gasteiger partial charge in [0.05, 0.1) is 25.4 Å². The van der Waals surface area contributed by atoms with Crippen LogP contribution in [0, 0.1) is 0 Å². The number of benzene rings is 2. The van der Waals surface area contributed by atoms with Crippen LogP contribution in [0.4, 0.5) is 10.5 Å². The Balaban J connectivity index is 1.46. The zero-order valence-electron chi connectivity index (χ0n) is 12.6. The Morgan fingerprint density at radius 1 is 1.09 bits per heavy atom. The number of carbonyl (C=O) groups is 1. The molecule has 0 fully saturated rings. The van der Waals surface area contributed by atoms with E-state index in [1.165, 1.54) is 0 Å².